The Bertz CT molecular complexity index is 314. The highest BCUT2D eigenvalue weighted by atomic mass is 16.5. The van der Waals surface area contributed by atoms with Gasteiger partial charge in [-0.3, -0.25) is 19.3 Å². The van der Waals surface area contributed by atoms with Crippen LogP contribution in [0.25, 0.3) is 0 Å². The Morgan fingerprint density at radius 2 is 1.94 bits per heavy atom. The first-order chi connectivity index (χ1) is 8.60. The normalized spacial score (nSPS) is 17.1. The van der Waals surface area contributed by atoms with Crippen molar-refractivity contribution in [2.75, 3.05) is 19.7 Å². The van der Waals surface area contributed by atoms with Crippen LogP contribution < -0.4 is 5.32 Å². The van der Waals surface area contributed by atoms with E-state index in [1.54, 1.807) is 6.92 Å². The summed E-state index contributed by atoms with van der Waals surface area (Å²) in [5, 5.41) is 3.00. The molecule has 0 aromatic heterocycles. The summed E-state index contributed by atoms with van der Waals surface area (Å²) in [5.41, 5.74) is 0. The SMILES string of the molecule is CCCNC(CN1C(=O)CCC1=O)C(=O)OCC. The molecule has 1 rings (SSSR count). The minimum Gasteiger partial charge on any atom is -0.465 e. The highest BCUT2D eigenvalue weighted by molar-refractivity contribution is 6.02. The van der Waals surface area contributed by atoms with Gasteiger partial charge in [-0.15, -0.1) is 0 Å². The van der Waals surface area contributed by atoms with Gasteiger partial charge < -0.3 is 10.1 Å². The third-order valence-corrected chi connectivity index (χ3v) is 2.73. The van der Waals surface area contributed by atoms with E-state index in [1.807, 2.05) is 6.92 Å². The monoisotopic (exact) mass is 256 g/mol. The Morgan fingerprint density at radius 3 is 2.44 bits per heavy atom. The lowest BCUT2D eigenvalue weighted by Crippen LogP contribution is -2.48. The lowest BCUT2D eigenvalue weighted by atomic mass is 10.2. The Morgan fingerprint density at radius 1 is 1.33 bits per heavy atom. The standard InChI is InChI=1S/C12H20N2O4/c1-3-7-13-9(12(17)18-4-2)8-14-10(15)5-6-11(14)16/h9,13H,3-8H2,1-2H3. The maximum absolute atomic E-state index is 11.7. The van der Waals surface area contributed by atoms with E-state index in [1.165, 1.54) is 0 Å². The lowest BCUT2D eigenvalue weighted by molar-refractivity contribution is -0.147. The molecule has 0 aromatic rings. The fourth-order valence-corrected chi connectivity index (χ4v) is 1.79. The van der Waals surface area contributed by atoms with Gasteiger partial charge >= 0.3 is 5.97 Å². The van der Waals surface area contributed by atoms with Crippen LogP contribution in [0.15, 0.2) is 0 Å². The van der Waals surface area contributed by atoms with Crippen LogP contribution in [0.3, 0.4) is 0 Å². The first kappa shape index (κ1) is 14.6. The zero-order chi connectivity index (χ0) is 13.5. The number of carbonyl (C=O) groups excluding carboxylic acids is 3. The number of imide groups is 1. The Balaban J connectivity index is 2.62. The van der Waals surface area contributed by atoms with Gasteiger partial charge in [0, 0.05) is 12.8 Å². The maximum atomic E-state index is 11.7. The van der Waals surface area contributed by atoms with Gasteiger partial charge in [-0.2, -0.15) is 0 Å². The second kappa shape index (κ2) is 7.10. The Hall–Kier alpha value is -1.43. The van der Waals surface area contributed by atoms with E-state index in [9.17, 15) is 14.4 Å². The molecule has 1 N–H and O–H groups in total. The van der Waals surface area contributed by atoms with Gasteiger partial charge in [0.15, 0.2) is 0 Å². The van der Waals surface area contributed by atoms with Crippen LogP contribution >= 0.6 is 0 Å². The number of nitrogens with zero attached hydrogens (tertiary/aromatic N) is 1. The van der Waals surface area contributed by atoms with E-state index in [0.717, 1.165) is 11.3 Å². The highest BCUT2D eigenvalue weighted by Crippen LogP contribution is 2.12. The molecule has 0 aromatic carbocycles. The summed E-state index contributed by atoms with van der Waals surface area (Å²) < 4.78 is 4.93. The number of rotatable bonds is 7. The Labute approximate surface area is 107 Å². The Kier molecular flexibility index (Phi) is 5.77. The van der Waals surface area contributed by atoms with Gasteiger partial charge in [0.1, 0.15) is 6.04 Å². The fraction of sp³-hybridized carbons (Fsp3) is 0.750. The molecular formula is C12H20N2O4. The summed E-state index contributed by atoms with van der Waals surface area (Å²) in [6, 6.07) is -0.629. The van der Waals surface area contributed by atoms with E-state index >= 15 is 0 Å². The summed E-state index contributed by atoms with van der Waals surface area (Å²) in [6.45, 7) is 4.68. The molecule has 1 heterocycles. The molecule has 0 saturated carbocycles. The lowest BCUT2D eigenvalue weighted by Gasteiger charge is -2.22. The fourth-order valence-electron chi connectivity index (χ4n) is 1.79. The molecule has 0 bridgehead atoms. The van der Waals surface area contributed by atoms with Crippen molar-refractivity contribution < 1.29 is 19.1 Å². The number of nitrogens with one attached hydrogen (secondary N) is 1. The van der Waals surface area contributed by atoms with Crippen molar-refractivity contribution >= 4 is 17.8 Å². The maximum Gasteiger partial charge on any atom is 0.324 e. The molecular weight excluding hydrogens is 236 g/mol. The topological polar surface area (TPSA) is 75.7 Å². The van der Waals surface area contributed by atoms with Crippen LogP contribution in [0, 0.1) is 0 Å². The summed E-state index contributed by atoms with van der Waals surface area (Å²) in [4.78, 5) is 35.9. The summed E-state index contributed by atoms with van der Waals surface area (Å²) in [6.07, 6.45) is 1.34. The largest absolute Gasteiger partial charge is 0.465 e. The first-order valence-corrected chi connectivity index (χ1v) is 6.33. The third kappa shape index (κ3) is 3.80. The van der Waals surface area contributed by atoms with Crippen LogP contribution in [0.5, 0.6) is 0 Å². The number of likely N-dealkylation sites (tertiary alicyclic amines) is 1. The molecule has 0 radical (unpaired) electrons. The number of hydrogen-bond acceptors (Lipinski definition) is 5. The number of amides is 2. The molecule has 1 saturated heterocycles. The van der Waals surface area contributed by atoms with Crippen molar-refractivity contribution in [3.63, 3.8) is 0 Å². The smallest absolute Gasteiger partial charge is 0.324 e. The van der Waals surface area contributed by atoms with E-state index in [0.29, 0.717) is 6.54 Å². The quantitative estimate of drug-likeness (QED) is 0.515. The third-order valence-electron chi connectivity index (χ3n) is 2.73. The van der Waals surface area contributed by atoms with Crippen molar-refractivity contribution in [3.05, 3.63) is 0 Å². The van der Waals surface area contributed by atoms with E-state index in [-0.39, 0.29) is 37.8 Å². The van der Waals surface area contributed by atoms with Gasteiger partial charge in [-0.25, -0.2) is 0 Å². The van der Waals surface area contributed by atoms with Crippen molar-refractivity contribution in [2.24, 2.45) is 0 Å². The molecule has 6 nitrogen and oxygen atoms in total. The summed E-state index contributed by atoms with van der Waals surface area (Å²) >= 11 is 0. The summed E-state index contributed by atoms with van der Waals surface area (Å²) in [5.74, 6) is -0.848. The molecule has 1 aliphatic rings. The van der Waals surface area contributed by atoms with Crippen molar-refractivity contribution in [1.29, 1.82) is 0 Å². The zero-order valence-electron chi connectivity index (χ0n) is 10.9. The number of carbonyl (C=O) groups is 3. The summed E-state index contributed by atoms with van der Waals surface area (Å²) in [7, 11) is 0. The average Bonchev–Trinajstić information content (AvgIpc) is 2.65. The molecule has 0 spiro atoms. The second-order valence-corrected chi connectivity index (χ2v) is 4.16. The van der Waals surface area contributed by atoms with Gasteiger partial charge in [0.2, 0.25) is 11.8 Å². The number of hydrogen-bond donors (Lipinski definition) is 1. The van der Waals surface area contributed by atoms with Crippen LogP contribution in [0.1, 0.15) is 33.1 Å². The minimum atomic E-state index is -0.629. The van der Waals surface area contributed by atoms with Crippen molar-refractivity contribution in [1.82, 2.24) is 10.2 Å². The van der Waals surface area contributed by atoms with Gasteiger partial charge in [0.05, 0.1) is 13.2 Å². The molecule has 2 amide bonds. The molecule has 1 aliphatic heterocycles. The van der Waals surface area contributed by atoms with Crippen LogP contribution in [0.2, 0.25) is 0 Å². The van der Waals surface area contributed by atoms with E-state index in [4.69, 9.17) is 4.74 Å². The number of esters is 1. The molecule has 1 atom stereocenters. The highest BCUT2D eigenvalue weighted by Gasteiger charge is 2.33. The van der Waals surface area contributed by atoms with Crippen LogP contribution in [-0.4, -0.2) is 48.4 Å². The molecule has 18 heavy (non-hydrogen) atoms. The van der Waals surface area contributed by atoms with Crippen molar-refractivity contribution in [3.8, 4) is 0 Å². The van der Waals surface area contributed by atoms with Crippen molar-refractivity contribution in [2.45, 2.75) is 39.2 Å². The van der Waals surface area contributed by atoms with E-state index in [2.05, 4.69) is 5.32 Å². The van der Waals surface area contributed by atoms with Gasteiger partial charge in [-0.05, 0) is 19.9 Å². The molecule has 0 aliphatic carbocycles. The van der Waals surface area contributed by atoms with E-state index < -0.39 is 12.0 Å². The van der Waals surface area contributed by atoms with Gasteiger partial charge in [-0.1, -0.05) is 6.92 Å². The number of ether oxygens (including phenoxy) is 1. The predicted octanol–water partition coefficient (Wildman–Crippen LogP) is 0.0667. The molecule has 1 unspecified atom stereocenters. The second-order valence-electron chi connectivity index (χ2n) is 4.16. The predicted molar refractivity (Wildman–Crippen MR) is 64.7 cm³/mol. The zero-order valence-corrected chi connectivity index (χ0v) is 10.9. The molecule has 6 heteroatoms. The molecule has 1 fully saturated rings. The first-order valence-electron chi connectivity index (χ1n) is 6.33. The van der Waals surface area contributed by atoms with Gasteiger partial charge in [0.25, 0.3) is 0 Å². The van der Waals surface area contributed by atoms with Crippen LogP contribution in [0.4, 0.5) is 0 Å². The minimum absolute atomic E-state index is 0.0660. The average molecular weight is 256 g/mol. The van der Waals surface area contributed by atoms with Crippen LogP contribution in [-0.2, 0) is 19.1 Å². The molecule has 102 valence electrons.